The number of thiophene rings is 1. The smallest absolute Gasteiger partial charge is 0.0701 e. The normalized spacial score (nSPS) is 13.5. The highest BCUT2D eigenvalue weighted by Crippen LogP contribution is 2.29. The minimum Gasteiger partial charge on any atom is -0.329 e. The largest absolute Gasteiger partial charge is 0.329 e. The van der Waals surface area contributed by atoms with Crippen molar-refractivity contribution in [2.45, 2.75) is 4.83 Å². The Bertz CT molecular complexity index is 211. The van der Waals surface area contributed by atoms with Gasteiger partial charge < -0.3 is 5.73 Å². The van der Waals surface area contributed by atoms with Crippen molar-refractivity contribution in [1.82, 2.24) is 0 Å². The van der Waals surface area contributed by atoms with Crippen LogP contribution in [0.25, 0.3) is 0 Å². The molecule has 0 aliphatic rings. The number of nitrogens with two attached hydrogens (primary N) is 1. The van der Waals surface area contributed by atoms with Crippen LogP contribution in [0.4, 0.5) is 0 Å². The Balaban J connectivity index is 2.74. The lowest BCUT2D eigenvalue weighted by molar-refractivity contribution is 0.963. The Kier molecular flexibility index (Phi) is 3.36. The summed E-state index contributed by atoms with van der Waals surface area (Å²) in [6.07, 6.45) is 0. The van der Waals surface area contributed by atoms with E-state index in [0.29, 0.717) is 11.4 Å². The highest BCUT2D eigenvalue weighted by atomic mass is 79.9. The van der Waals surface area contributed by atoms with Crippen LogP contribution in [0.15, 0.2) is 15.2 Å². The summed E-state index contributed by atoms with van der Waals surface area (Å²) in [5, 5.41) is 2.09. The average Bonchev–Trinajstić information content (AvgIpc) is 2.34. The fourth-order valence-corrected chi connectivity index (χ4v) is 2.29. The lowest BCUT2D eigenvalue weighted by Gasteiger charge is -2.00. The van der Waals surface area contributed by atoms with E-state index in [9.17, 15) is 0 Å². The van der Waals surface area contributed by atoms with Crippen LogP contribution in [0, 0.1) is 0 Å². The first-order valence-corrected chi connectivity index (χ1v) is 5.41. The van der Waals surface area contributed by atoms with Gasteiger partial charge in [-0.3, -0.25) is 0 Å². The Morgan fingerprint density at radius 3 is 2.80 bits per heavy atom. The first-order valence-electron chi connectivity index (χ1n) is 2.82. The Labute approximate surface area is 80.9 Å². The quantitative estimate of drug-likeness (QED) is 0.831. The van der Waals surface area contributed by atoms with Gasteiger partial charge in [0.25, 0.3) is 0 Å². The molecule has 1 aromatic heterocycles. The van der Waals surface area contributed by atoms with E-state index >= 15 is 0 Å². The highest BCUT2D eigenvalue weighted by Gasteiger charge is 2.05. The predicted molar refractivity (Wildman–Crippen MR) is 52.7 cm³/mol. The van der Waals surface area contributed by atoms with Crippen molar-refractivity contribution in [3.05, 3.63) is 20.8 Å². The molecule has 1 aromatic rings. The Morgan fingerprint density at radius 1 is 1.70 bits per heavy atom. The van der Waals surface area contributed by atoms with Gasteiger partial charge in [0, 0.05) is 6.54 Å². The van der Waals surface area contributed by atoms with Gasteiger partial charge in [0.05, 0.1) is 8.61 Å². The molecule has 56 valence electrons. The molecule has 1 nitrogen and oxygen atoms in total. The van der Waals surface area contributed by atoms with Crippen molar-refractivity contribution in [2.24, 2.45) is 5.73 Å². The first-order chi connectivity index (χ1) is 4.74. The molecule has 0 saturated carbocycles. The van der Waals surface area contributed by atoms with Gasteiger partial charge >= 0.3 is 0 Å². The maximum Gasteiger partial charge on any atom is 0.0701 e. The predicted octanol–water partition coefficient (Wildman–Crippen LogP) is 2.91. The fourth-order valence-electron chi connectivity index (χ4n) is 0.624. The molecule has 0 radical (unpaired) electrons. The van der Waals surface area contributed by atoms with Crippen LogP contribution in [-0.4, -0.2) is 6.54 Å². The van der Waals surface area contributed by atoms with Crippen LogP contribution < -0.4 is 5.73 Å². The van der Waals surface area contributed by atoms with E-state index in [-0.39, 0.29) is 0 Å². The van der Waals surface area contributed by atoms with Gasteiger partial charge in [-0.2, -0.15) is 0 Å². The summed E-state index contributed by atoms with van der Waals surface area (Å²) in [6.45, 7) is 0.642. The number of halogens is 2. The van der Waals surface area contributed by atoms with Gasteiger partial charge in [0.15, 0.2) is 0 Å². The molecule has 0 fully saturated rings. The summed E-state index contributed by atoms with van der Waals surface area (Å²) in [5.74, 6) is 0. The molecule has 0 aliphatic carbocycles. The highest BCUT2D eigenvalue weighted by molar-refractivity contribution is 9.11. The topological polar surface area (TPSA) is 26.0 Å². The maximum atomic E-state index is 5.46. The minimum absolute atomic E-state index is 0.301. The van der Waals surface area contributed by atoms with Gasteiger partial charge in [0.1, 0.15) is 0 Å². The standard InChI is InChI=1S/C6H7Br2NS/c7-5(2-9)4-1-6(8)10-3-4/h1,3,5H,2,9H2. The van der Waals surface area contributed by atoms with Crippen molar-refractivity contribution in [2.75, 3.05) is 6.54 Å². The van der Waals surface area contributed by atoms with Crippen LogP contribution in [0.3, 0.4) is 0 Å². The summed E-state index contributed by atoms with van der Waals surface area (Å²) in [7, 11) is 0. The maximum absolute atomic E-state index is 5.46. The zero-order valence-electron chi connectivity index (χ0n) is 5.18. The van der Waals surface area contributed by atoms with Gasteiger partial charge in [-0.15, -0.1) is 11.3 Å². The Morgan fingerprint density at radius 2 is 2.40 bits per heavy atom. The summed E-state index contributed by atoms with van der Waals surface area (Å²) in [4.78, 5) is 0.301. The summed E-state index contributed by atoms with van der Waals surface area (Å²) in [6, 6.07) is 2.08. The molecule has 1 heterocycles. The number of alkyl halides is 1. The zero-order chi connectivity index (χ0) is 7.56. The molecule has 0 bridgehead atoms. The first kappa shape index (κ1) is 8.71. The molecular weight excluding hydrogens is 278 g/mol. The van der Waals surface area contributed by atoms with Crippen LogP contribution in [0.2, 0.25) is 0 Å². The fraction of sp³-hybridized carbons (Fsp3) is 0.333. The molecule has 0 saturated heterocycles. The van der Waals surface area contributed by atoms with E-state index in [1.165, 1.54) is 5.56 Å². The number of rotatable bonds is 2. The molecule has 2 N–H and O–H groups in total. The molecule has 10 heavy (non-hydrogen) atoms. The van der Waals surface area contributed by atoms with E-state index < -0.39 is 0 Å². The van der Waals surface area contributed by atoms with Crippen molar-refractivity contribution in [3.8, 4) is 0 Å². The van der Waals surface area contributed by atoms with Crippen LogP contribution in [0.5, 0.6) is 0 Å². The van der Waals surface area contributed by atoms with E-state index in [0.717, 1.165) is 3.79 Å². The van der Waals surface area contributed by atoms with Crippen LogP contribution >= 0.6 is 43.2 Å². The molecule has 1 rings (SSSR count). The minimum atomic E-state index is 0.301. The zero-order valence-corrected chi connectivity index (χ0v) is 9.17. The summed E-state index contributed by atoms with van der Waals surface area (Å²) < 4.78 is 1.15. The van der Waals surface area contributed by atoms with Crippen molar-refractivity contribution in [3.63, 3.8) is 0 Å². The second kappa shape index (κ2) is 3.85. The summed E-state index contributed by atoms with van der Waals surface area (Å²) >= 11 is 8.52. The van der Waals surface area contributed by atoms with Gasteiger partial charge in [-0.1, -0.05) is 15.9 Å². The summed E-state index contributed by atoms with van der Waals surface area (Å²) in [5.41, 5.74) is 6.71. The Hall–Kier alpha value is 0.620. The molecule has 1 atom stereocenters. The molecule has 0 aromatic carbocycles. The van der Waals surface area contributed by atoms with Crippen LogP contribution in [-0.2, 0) is 0 Å². The van der Waals surface area contributed by atoms with Gasteiger partial charge in [0.2, 0.25) is 0 Å². The number of hydrogen-bond acceptors (Lipinski definition) is 2. The van der Waals surface area contributed by atoms with Gasteiger partial charge in [-0.05, 0) is 32.9 Å². The SMILES string of the molecule is NCC(Br)c1csc(Br)c1. The van der Waals surface area contributed by atoms with E-state index in [2.05, 4.69) is 43.3 Å². The third-order valence-corrected chi connectivity index (χ3v) is 3.58. The van der Waals surface area contributed by atoms with Crippen LogP contribution in [0.1, 0.15) is 10.4 Å². The second-order valence-electron chi connectivity index (χ2n) is 1.89. The number of hydrogen-bond donors (Lipinski definition) is 1. The lowest BCUT2D eigenvalue weighted by Crippen LogP contribution is -2.04. The molecule has 1 unspecified atom stereocenters. The van der Waals surface area contributed by atoms with E-state index in [1.807, 2.05) is 0 Å². The van der Waals surface area contributed by atoms with Gasteiger partial charge in [-0.25, -0.2) is 0 Å². The van der Waals surface area contributed by atoms with Crippen molar-refractivity contribution in [1.29, 1.82) is 0 Å². The molecule has 0 amide bonds. The monoisotopic (exact) mass is 283 g/mol. The lowest BCUT2D eigenvalue weighted by atomic mass is 10.2. The molecule has 0 aliphatic heterocycles. The van der Waals surface area contributed by atoms with Crippen molar-refractivity contribution >= 4 is 43.2 Å². The van der Waals surface area contributed by atoms with E-state index in [1.54, 1.807) is 11.3 Å². The third kappa shape index (κ3) is 2.05. The molecular formula is C6H7Br2NS. The molecule has 0 spiro atoms. The van der Waals surface area contributed by atoms with E-state index in [4.69, 9.17) is 5.73 Å². The third-order valence-electron chi connectivity index (χ3n) is 1.16. The molecule has 4 heteroatoms. The van der Waals surface area contributed by atoms with Crippen molar-refractivity contribution < 1.29 is 0 Å². The second-order valence-corrected chi connectivity index (χ2v) is 5.28. The average molecular weight is 285 g/mol.